The molecule has 3 heteroatoms. The summed E-state index contributed by atoms with van der Waals surface area (Å²) in [5.41, 5.74) is 2.64. The molecule has 0 spiro atoms. The zero-order valence-corrected chi connectivity index (χ0v) is 12.5. The third kappa shape index (κ3) is 5.69. The van der Waals surface area contributed by atoms with Crippen molar-refractivity contribution in [2.75, 3.05) is 13.6 Å². The minimum atomic E-state index is 0.791. The highest BCUT2D eigenvalue weighted by Gasteiger charge is 1.98. The fourth-order valence-corrected chi connectivity index (χ4v) is 2.15. The summed E-state index contributed by atoms with van der Waals surface area (Å²) in [5.74, 6) is 0.854. The van der Waals surface area contributed by atoms with Gasteiger partial charge in [-0.05, 0) is 24.0 Å². The van der Waals surface area contributed by atoms with E-state index < -0.39 is 0 Å². The lowest BCUT2D eigenvalue weighted by Crippen LogP contribution is -2.37. The molecular formula is C18H23N3. The molecule has 2 aromatic rings. The van der Waals surface area contributed by atoms with Crippen LogP contribution in [-0.2, 0) is 13.0 Å². The Labute approximate surface area is 127 Å². The summed E-state index contributed by atoms with van der Waals surface area (Å²) in [7, 11) is 1.80. The van der Waals surface area contributed by atoms with Gasteiger partial charge in [0.15, 0.2) is 5.96 Å². The van der Waals surface area contributed by atoms with Gasteiger partial charge in [-0.3, -0.25) is 4.99 Å². The van der Waals surface area contributed by atoms with E-state index in [4.69, 9.17) is 0 Å². The predicted molar refractivity (Wildman–Crippen MR) is 89.4 cm³/mol. The van der Waals surface area contributed by atoms with E-state index >= 15 is 0 Å². The van der Waals surface area contributed by atoms with Crippen LogP contribution in [0.5, 0.6) is 0 Å². The number of guanidine groups is 1. The molecule has 0 fully saturated rings. The van der Waals surface area contributed by atoms with Crippen LogP contribution in [0.1, 0.15) is 17.5 Å². The van der Waals surface area contributed by atoms with Gasteiger partial charge in [0.2, 0.25) is 0 Å². The Bertz CT molecular complexity index is 535. The lowest BCUT2D eigenvalue weighted by Gasteiger charge is -2.11. The highest BCUT2D eigenvalue weighted by Crippen LogP contribution is 2.01. The van der Waals surface area contributed by atoms with Gasteiger partial charge < -0.3 is 10.6 Å². The zero-order valence-electron chi connectivity index (χ0n) is 12.5. The van der Waals surface area contributed by atoms with E-state index in [1.807, 2.05) is 18.2 Å². The summed E-state index contributed by atoms with van der Waals surface area (Å²) in [5, 5.41) is 6.67. The van der Waals surface area contributed by atoms with Gasteiger partial charge in [0.25, 0.3) is 0 Å². The molecule has 0 heterocycles. The molecule has 0 aliphatic carbocycles. The third-order valence-electron chi connectivity index (χ3n) is 3.30. The summed E-state index contributed by atoms with van der Waals surface area (Å²) in [6.45, 7) is 1.71. The Morgan fingerprint density at radius 3 is 2.10 bits per heavy atom. The molecule has 0 radical (unpaired) electrons. The van der Waals surface area contributed by atoms with Gasteiger partial charge in [-0.2, -0.15) is 0 Å². The zero-order chi connectivity index (χ0) is 14.8. The van der Waals surface area contributed by atoms with Crippen LogP contribution in [-0.4, -0.2) is 19.6 Å². The molecule has 0 atom stereocenters. The van der Waals surface area contributed by atoms with Gasteiger partial charge in [-0.25, -0.2) is 0 Å². The molecule has 2 N–H and O–H groups in total. The molecule has 0 aliphatic rings. The van der Waals surface area contributed by atoms with Crippen LogP contribution >= 0.6 is 0 Å². The number of benzene rings is 2. The molecule has 0 saturated carbocycles. The second-order valence-corrected chi connectivity index (χ2v) is 4.93. The number of aliphatic imine (C=N–C) groups is 1. The van der Waals surface area contributed by atoms with Crippen molar-refractivity contribution < 1.29 is 0 Å². The van der Waals surface area contributed by atoms with Crippen molar-refractivity contribution in [1.82, 2.24) is 10.6 Å². The fourth-order valence-electron chi connectivity index (χ4n) is 2.15. The molecule has 0 bridgehead atoms. The largest absolute Gasteiger partial charge is 0.356 e. The van der Waals surface area contributed by atoms with E-state index in [1.165, 1.54) is 11.1 Å². The minimum absolute atomic E-state index is 0.791. The molecule has 110 valence electrons. The topological polar surface area (TPSA) is 36.4 Å². The maximum Gasteiger partial charge on any atom is 0.191 e. The van der Waals surface area contributed by atoms with Gasteiger partial charge in [-0.1, -0.05) is 60.7 Å². The maximum atomic E-state index is 4.24. The molecule has 0 aromatic heterocycles. The molecule has 21 heavy (non-hydrogen) atoms. The van der Waals surface area contributed by atoms with Crippen molar-refractivity contribution in [2.24, 2.45) is 4.99 Å². The van der Waals surface area contributed by atoms with Gasteiger partial charge in [0.1, 0.15) is 0 Å². The molecular weight excluding hydrogens is 258 g/mol. The first kappa shape index (κ1) is 15.1. The average molecular weight is 281 g/mol. The number of hydrogen-bond acceptors (Lipinski definition) is 1. The van der Waals surface area contributed by atoms with E-state index in [-0.39, 0.29) is 0 Å². The molecule has 2 aromatic carbocycles. The molecule has 0 unspecified atom stereocenters. The van der Waals surface area contributed by atoms with Crippen molar-refractivity contribution in [3.63, 3.8) is 0 Å². The number of nitrogens with zero attached hydrogens (tertiary/aromatic N) is 1. The Balaban J connectivity index is 1.66. The quantitative estimate of drug-likeness (QED) is 0.485. The Morgan fingerprint density at radius 2 is 1.48 bits per heavy atom. The Morgan fingerprint density at radius 1 is 0.857 bits per heavy atom. The van der Waals surface area contributed by atoms with E-state index in [0.717, 1.165) is 31.9 Å². The van der Waals surface area contributed by atoms with E-state index in [9.17, 15) is 0 Å². The van der Waals surface area contributed by atoms with E-state index in [2.05, 4.69) is 58.1 Å². The summed E-state index contributed by atoms with van der Waals surface area (Å²) < 4.78 is 0. The summed E-state index contributed by atoms with van der Waals surface area (Å²) >= 11 is 0. The van der Waals surface area contributed by atoms with Gasteiger partial charge in [-0.15, -0.1) is 0 Å². The summed E-state index contributed by atoms with van der Waals surface area (Å²) in [4.78, 5) is 4.24. The van der Waals surface area contributed by atoms with Gasteiger partial charge >= 0.3 is 0 Å². The lowest BCUT2D eigenvalue weighted by atomic mass is 10.1. The minimum Gasteiger partial charge on any atom is -0.356 e. The first-order chi connectivity index (χ1) is 10.4. The van der Waals surface area contributed by atoms with Crippen LogP contribution in [0.15, 0.2) is 65.7 Å². The number of nitrogens with one attached hydrogen (secondary N) is 2. The number of rotatable bonds is 6. The lowest BCUT2D eigenvalue weighted by molar-refractivity contribution is 0.742. The van der Waals surface area contributed by atoms with Crippen LogP contribution in [0, 0.1) is 0 Å². The highest BCUT2D eigenvalue weighted by atomic mass is 15.2. The SMILES string of the molecule is CN=C(NCCCc1ccccc1)NCc1ccccc1. The monoisotopic (exact) mass is 281 g/mol. The number of hydrogen-bond donors (Lipinski definition) is 2. The standard InChI is InChI=1S/C18H23N3/c1-19-18(21-15-17-11-6-3-7-12-17)20-14-8-13-16-9-4-2-5-10-16/h2-7,9-12H,8,13-15H2,1H3,(H2,19,20,21). The summed E-state index contributed by atoms with van der Waals surface area (Å²) in [6.07, 6.45) is 2.18. The number of aryl methyl sites for hydroxylation is 1. The van der Waals surface area contributed by atoms with Crippen LogP contribution in [0.3, 0.4) is 0 Å². The van der Waals surface area contributed by atoms with Crippen LogP contribution in [0.2, 0.25) is 0 Å². The second-order valence-electron chi connectivity index (χ2n) is 4.93. The van der Waals surface area contributed by atoms with E-state index in [1.54, 1.807) is 7.05 Å². The van der Waals surface area contributed by atoms with Crippen LogP contribution in [0.25, 0.3) is 0 Å². The first-order valence-electron chi connectivity index (χ1n) is 7.41. The first-order valence-corrected chi connectivity index (χ1v) is 7.41. The Kier molecular flexibility index (Phi) is 6.33. The third-order valence-corrected chi connectivity index (χ3v) is 3.30. The van der Waals surface area contributed by atoms with Crippen molar-refractivity contribution in [1.29, 1.82) is 0 Å². The van der Waals surface area contributed by atoms with Crippen LogP contribution < -0.4 is 10.6 Å². The van der Waals surface area contributed by atoms with Crippen molar-refractivity contribution in [2.45, 2.75) is 19.4 Å². The van der Waals surface area contributed by atoms with Crippen molar-refractivity contribution in [3.05, 3.63) is 71.8 Å². The van der Waals surface area contributed by atoms with Gasteiger partial charge in [0, 0.05) is 20.1 Å². The average Bonchev–Trinajstić information content (AvgIpc) is 2.56. The maximum absolute atomic E-state index is 4.24. The fraction of sp³-hybridized carbons (Fsp3) is 0.278. The molecule has 2 rings (SSSR count). The van der Waals surface area contributed by atoms with Crippen LogP contribution in [0.4, 0.5) is 0 Å². The van der Waals surface area contributed by atoms with Crippen molar-refractivity contribution >= 4 is 5.96 Å². The second kappa shape index (κ2) is 8.80. The molecule has 0 saturated heterocycles. The molecule has 0 aliphatic heterocycles. The van der Waals surface area contributed by atoms with Crippen molar-refractivity contribution in [3.8, 4) is 0 Å². The predicted octanol–water partition coefficient (Wildman–Crippen LogP) is 2.98. The highest BCUT2D eigenvalue weighted by molar-refractivity contribution is 5.79. The molecule has 3 nitrogen and oxygen atoms in total. The van der Waals surface area contributed by atoms with Gasteiger partial charge in [0.05, 0.1) is 0 Å². The normalized spacial score (nSPS) is 11.2. The van der Waals surface area contributed by atoms with E-state index in [0.29, 0.717) is 0 Å². The molecule has 0 amide bonds. The Hall–Kier alpha value is -2.29. The smallest absolute Gasteiger partial charge is 0.191 e. The summed E-state index contributed by atoms with van der Waals surface area (Å²) in [6, 6.07) is 20.9.